The number of hydrogen-bond acceptors (Lipinski definition) is 0. The molecule has 0 N–H and O–H groups in total. The molecule has 0 heterocycles. The maximum atomic E-state index is 6.49. The fourth-order valence-corrected chi connectivity index (χ4v) is 0.505. The molecule has 1 radical (unpaired) electrons. The van der Waals surface area contributed by atoms with Crippen molar-refractivity contribution in [2.45, 2.75) is 0 Å². The topological polar surface area (TPSA) is 0 Å². The summed E-state index contributed by atoms with van der Waals surface area (Å²) in [5.41, 5.74) is 0. The van der Waals surface area contributed by atoms with Gasteiger partial charge in [-0.15, -0.1) is 12.3 Å². The fraction of sp³-hybridized carbons (Fsp3) is 0. The summed E-state index contributed by atoms with van der Waals surface area (Å²) in [6.07, 6.45) is 11.4. The zero-order valence-electron chi connectivity index (χ0n) is 10.5. The summed E-state index contributed by atoms with van der Waals surface area (Å²) in [5, 5.41) is 0. The third kappa shape index (κ3) is 18.7. The van der Waals surface area contributed by atoms with E-state index in [1.165, 1.54) is 0 Å². The van der Waals surface area contributed by atoms with Crippen molar-refractivity contribution in [3.63, 3.8) is 0 Å². The molecular formula is C20HV-. The summed E-state index contributed by atoms with van der Waals surface area (Å²) in [6.45, 7) is 0. The quantitative estimate of drug-likeness (QED) is 0.443. The molecule has 0 bridgehead atoms. The molecule has 0 aromatic rings. The molecule has 0 unspecified atom stereocenters. The zero-order valence-corrected chi connectivity index (χ0v) is 11.9. The van der Waals surface area contributed by atoms with Gasteiger partial charge in [-0.05, 0) is 88.8 Å². The predicted molar refractivity (Wildman–Crippen MR) is 78.2 cm³/mol. The van der Waals surface area contributed by atoms with E-state index in [-0.39, 0.29) is 18.6 Å². The monoisotopic (exact) mass is 292 g/mol. The van der Waals surface area contributed by atoms with Gasteiger partial charge in [0, 0.05) is 18.6 Å². The normalized spacial score (nSPS) is 3.52. The van der Waals surface area contributed by atoms with Crippen molar-refractivity contribution in [2.75, 3.05) is 0 Å². The molecule has 0 aliphatic heterocycles. The van der Waals surface area contributed by atoms with Crippen LogP contribution in [-0.2, 0) is 18.6 Å². The van der Waals surface area contributed by atoms with Crippen molar-refractivity contribution in [1.82, 2.24) is 0 Å². The molecule has 0 rings (SSSR count). The van der Waals surface area contributed by atoms with Gasteiger partial charge in [0.15, 0.2) is 0 Å². The Morgan fingerprint density at radius 1 is 0.429 bits per heavy atom. The molecule has 0 nitrogen and oxygen atoms in total. The third-order valence-electron chi connectivity index (χ3n) is 1.07. The fourth-order valence-electron chi connectivity index (χ4n) is 0.505. The summed E-state index contributed by atoms with van der Waals surface area (Å²) in [5.74, 6) is 42.6. The molecular weight excluding hydrogens is 291 g/mol. The Balaban J connectivity index is 0. The molecule has 0 spiro atoms. The van der Waals surface area contributed by atoms with Crippen molar-refractivity contribution >= 4 is 0 Å². The molecule has 0 fully saturated rings. The smallest absolute Gasteiger partial charge is 0 e. The van der Waals surface area contributed by atoms with E-state index in [1.54, 1.807) is 0 Å². The first-order chi connectivity index (χ1) is 9.91. The minimum atomic E-state index is 0. The van der Waals surface area contributed by atoms with Crippen LogP contribution in [0.25, 0.3) is 0 Å². The molecule has 0 saturated heterocycles. The van der Waals surface area contributed by atoms with Crippen LogP contribution in [0.5, 0.6) is 0 Å². The van der Waals surface area contributed by atoms with Crippen LogP contribution >= 0.6 is 0 Å². The van der Waals surface area contributed by atoms with Gasteiger partial charge >= 0.3 is 0 Å². The summed E-state index contributed by atoms with van der Waals surface area (Å²) in [7, 11) is 0. The summed E-state index contributed by atoms with van der Waals surface area (Å²) >= 11 is 0. The molecule has 21 heavy (non-hydrogen) atoms. The number of rotatable bonds is 0. The first kappa shape index (κ1) is 19.5. The SMILES string of the molecule is [C-]#CC#CC#CC#CC#CC#CC#CC#CC#CC#C.[V]. The van der Waals surface area contributed by atoms with E-state index in [1.807, 2.05) is 5.92 Å². The second kappa shape index (κ2) is 18.5. The Labute approximate surface area is 138 Å². The van der Waals surface area contributed by atoms with E-state index in [9.17, 15) is 0 Å². The largest absolute Gasteiger partial charge is 0.358 e. The van der Waals surface area contributed by atoms with Crippen molar-refractivity contribution < 1.29 is 18.6 Å². The summed E-state index contributed by atoms with van der Waals surface area (Å²) < 4.78 is 0. The van der Waals surface area contributed by atoms with Crippen LogP contribution in [0.4, 0.5) is 0 Å². The van der Waals surface area contributed by atoms with Crippen molar-refractivity contribution in [3.8, 4) is 113 Å². The van der Waals surface area contributed by atoms with Gasteiger partial charge in [-0.2, -0.15) is 0 Å². The van der Waals surface area contributed by atoms with Crippen LogP contribution in [0.1, 0.15) is 0 Å². The summed E-state index contributed by atoms with van der Waals surface area (Å²) in [4.78, 5) is 0. The van der Waals surface area contributed by atoms with Crippen molar-refractivity contribution in [2.24, 2.45) is 0 Å². The van der Waals surface area contributed by atoms with Gasteiger partial charge in [0.1, 0.15) is 0 Å². The van der Waals surface area contributed by atoms with Crippen LogP contribution in [0, 0.1) is 119 Å². The molecule has 0 aromatic carbocycles. The first-order valence-corrected chi connectivity index (χ1v) is 4.79. The van der Waals surface area contributed by atoms with Gasteiger partial charge < -0.3 is 6.42 Å². The molecule has 0 amide bonds. The van der Waals surface area contributed by atoms with Crippen LogP contribution in [0.15, 0.2) is 0 Å². The Kier molecular flexibility index (Phi) is 17.2. The second-order valence-corrected chi connectivity index (χ2v) is 2.27. The van der Waals surface area contributed by atoms with E-state index in [2.05, 4.69) is 101 Å². The maximum Gasteiger partial charge on any atom is 0 e. The van der Waals surface area contributed by atoms with Crippen molar-refractivity contribution in [3.05, 3.63) is 6.42 Å². The van der Waals surface area contributed by atoms with Gasteiger partial charge in [0.2, 0.25) is 0 Å². The van der Waals surface area contributed by atoms with Gasteiger partial charge in [0.05, 0.1) is 0 Å². The van der Waals surface area contributed by atoms with Crippen LogP contribution < -0.4 is 0 Å². The zero-order chi connectivity index (χ0) is 14.7. The van der Waals surface area contributed by atoms with Gasteiger partial charge in [0.25, 0.3) is 0 Å². The molecule has 0 aliphatic carbocycles. The average molecular weight is 292 g/mol. The van der Waals surface area contributed by atoms with Gasteiger partial charge in [-0.3, -0.25) is 5.92 Å². The molecule has 87 valence electrons. The predicted octanol–water partition coefficient (Wildman–Crippen LogP) is 0.234. The van der Waals surface area contributed by atoms with Crippen LogP contribution in [-0.4, -0.2) is 0 Å². The van der Waals surface area contributed by atoms with E-state index in [0.29, 0.717) is 0 Å². The van der Waals surface area contributed by atoms with Crippen LogP contribution in [0.2, 0.25) is 0 Å². The Bertz CT molecular complexity index is 863. The first-order valence-electron chi connectivity index (χ1n) is 4.79. The Morgan fingerprint density at radius 2 is 0.667 bits per heavy atom. The minimum Gasteiger partial charge on any atom is -0.358 e. The van der Waals surface area contributed by atoms with E-state index >= 15 is 0 Å². The Hall–Kier alpha value is -3.82. The van der Waals surface area contributed by atoms with E-state index in [4.69, 9.17) is 12.8 Å². The maximum absolute atomic E-state index is 6.49. The molecule has 0 saturated carbocycles. The van der Waals surface area contributed by atoms with Crippen molar-refractivity contribution in [1.29, 1.82) is 0 Å². The molecule has 0 atom stereocenters. The average Bonchev–Trinajstić information content (AvgIpc) is 2.47. The molecule has 1 heteroatoms. The number of terminal acetylenes is 1. The molecule has 0 aromatic heterocycles. The standard InChI is InChI=1S/C20H.V/c1-3-5-7-9-11-13-15-17-19-20-18-16-14-12-10-8-6-4-2;/h1H;/q-1;. The Morgan fingerprint density at radius 3 is 0.905 bits per heavy atom. The minimum absolute atomic E-state index is 0. The molecule has 0 aliphatic rings. The number of hydrogen-bond donors (Lipinski definition) is 0. The van der Waals surface area contributed by atoms with Gasteiger partial charge in [-0.25, -0.2) is 5.92 Å². The summed E-state index contributed by atoms with van der Waals surface area (Å²) in [6, 6.07) is 0. The van der Waals surface area contributed by atoms with Gasteiger partial charge in [-0.1, -0.05) is 0 Å². The van der Waals surface area contributed by atoms with E-state index in [0.717, 1.165) is 0 Å². The second-order valence-electron chi connectivity index (χ2n) is 2.27. The van der Waals surface area contributed by atoms with E-state index < -0.39 is 0 Å². The van der Waals surface area contributed by atoms with Crippen LogP contribution in [0.3, 0.4) is 0 Å². The third-order valence-corrected chi connectivity index (χ3v) is 1.07.